The van der Waals surface area contributed by atoms with Gasteiger partial charge >= 0.3 is 0 Å². The summed E-state index contributed by atoms with van der Waals surface area (Å²) in [6, 6.07) is 27.6. The average molecular weight is 404 g/mol. The second-order valence-corrected chi connectivity index (χ2v) is 9.69. The quantitative estimate of drug-likeness (QED) is 0.361. The van der Waals surface area contributed by atoms with Crippen LogP contribution in [-0.4, -0.2) is 5.78 Å². The van der Waals surface area contributed by atoms with Gasteiger partial charge in [-0.2, -0.15) is 0 Å². The third-order valence-corrected chi connectivity index (χ3v) is 6.87. The zero-order valence-electron chi connectivity index (χ0n) is 17.9. The summed E-state index contributed by atoms with van der Waals surface area (Å²) in [6.07, 6.45) is 1.51. The summed E-state index contributed by atoms with van der Waals surface area (Å²) >= 11 is 0. The van der Waals surface area contributed by atoms with Gasteiger partial charge < -0.3 is 5.32 Å². The highest BCUT2D eigenvalue weighted by Crippen LogP contribution is 2.52. The van der Waals surface area contributed by atoms with E-state index in [4.69, 9.17) is 0 Å². The van der Waals surface area contributed by atoms with Crippen molar-refractivity contribution >= 4 is 38.6 Å². The highest BCUT2D eigenvalue weighted by molar-refractivity contribution is 6.13. The first-order chi connectivity index (χ1) is 15.0. The molecule has 31 heavy (non-hydrogen) atoms. The van der Waals surface area contributed by atoms with Crippen molar-refractivity contribution in [2.24, 2.45) is 5.41 Å². The number of fused-ring (bicyclic) bond motifs is 5. The summed E-state index contributed by atoms with van der Waals surface area (Å²) in [7, 11) is 0. The van der Waals surface area contributed by atoms with Crippen molar-refractivity contribution in [1.82, 2.24) is 0 Å². The van der Waals surface area contributed by atoms with Gasteiger partial charge in [-0.1, -0.05) is 86.6 Å². The van der Waals surface area contributed by atoms with Gasteiger partial charge in [0.2, 0.25) is 0 Å². The summed E-state index contributed by atoms with van der Waals surface area (Å²) in [5.74, 6) is 0.273. The number of hydrogen-bond donors (Lipinski definition) is 1. The van der Waals surface area contributed by atoms with Crippen molar-refractivity contribution in [1.29, 1.82) is 0 Å². The van der Waals surface area contributed by atoms with Crippen LogP contribution in [0.1, 0.15) is 43.9 Å². The van der Waals surface area contributed by atoms with Crippen LogP contribution in [0.5, 0.6) is 0 Å². The zero-order valence-corrected chi connectivity index (χ0v) is 17.9. The molecule has 0 fully saturated rings. The van der Waals surface area contributed by atoms with E-state index in [0.29, 0.717) is 6.42 Å². The number of carbonyl (C=O) groups is 1. The topological polar surface area (TPSA) is 29.1 Å². The van der Waals surface area contributed by atoms with Gasteiger partial charge in [-0.15, -0.1) is 0 Å². The third-order valence-electron chi connectivity index (χ3n) is 6.87. The molecule has 1 aliphatic heterocycles. The van der Waals surface area contributed by atoms with Crippen LogP contribution in [0.2, 0.25) is 0 Å². The average Bonchev–Trinajstić information content (AvgIpc) is 2.77. The van der Waals surface area contributed by atoms with E-state index in [-0.39, 0.29) is 17.2 Å². The first-order valence-corrected chi connectivity index (χ1v) is 11.0. The highest BCUT2D eigenvalue weighted by Gasteiger charge is 2.41. The lowest BCUT2D eigenvalue weighted by Gasteiger charge is -2.40. The Morgan fingerprint density at radius 2 is 1.45 bits per heavy atom. The summed E-state index contributed by atoms with van der Waals surface area (Å²) in [5, 5.41) is 8.63. The van der Waals surface area contributed by atoms with Crippen LogP contribution < -0.4 is 5.32 Å². The molecule has 0 radical (unpaired) electrons. The molecule has 0 saturated heterocycles. The number of benzene rings is 4. The number of Topliss-reactive ketones (excluding diaryl/α,β-unsaturated/α-hetero) is 1. The normalized spacial score (nSPS) is 19.8. The van der Waals surface area contributed by atoms with Crippen molar-refractivity contribution in [3.63, 3.8) is 0 Å². The Bertz CT molecular complexity index is 1400. The van der Waals surface area contributed by atoms with Crippen LogP contribution in [0, 0.1) is 5.41 Å². The molecule has 1 N–H and O–H groups in total. The molecule has 0 saturated carbocycles. The second-order valence-electron chi connectivity index (χ2n) is 9.69. The fourth-order valence-corrected chi connectivity index (χ4v) is 5.57. The fourth-order valence-electron chi connectivity index (χ4n) is 5.57. The van der Waals surface area contributed by atoms with Crippen LogP contribution in [0.3, 0.4) is 0 Å². The minimum atomic E-state index is -0.127. The monoisotopic (exact) mass is 403 g/mol. The molecule has 0 aromatic heterocycles. The third kappa shape index (κ3) is 2.82. The number of allylic oxidation sites excluding steroid dienone is 1. The smallest absolute Gasteiger partial charge is 0.162 e. The maximum Gasteiger partial charge on any atom is 0.162 e. The van der Waals surface area contributed by atoms with E-state index in [1.807, 2.05) is 0 Å². The summed E-state index contributed by atoms with van der Waals surface area (Å²) in [4.78, 5) is 13.6. The van der Waals surface area contributed by atoms with Crippen LogP contribution in [-0.2, 0) is 4.79 Å². The predicted molar refractivity (Wildman–Crippen MR) is 129 cm³/mol. The molecule has 4 aromatic carbocycles. The SMILES string of the molecule is CC1(C)CC(=O)C2=C(C1)c1c(ccc3ccccc13)N[C@@H]2c1cccc2ccccc12. The first kappa shape index (κ1) is 18.4. The zero-order chi connectivity index (χ0) is 21.2. The fraction of sp³-hybridized carbons (Fsp3) is 0.207. The maximum absolute atomic E-state index is 13.6. The number of anilines is 1. The molecule has 152 valence electrons. The Morgan fingerprint density at radius 3 is 2.26 bits per heavy atom. The standard InChI is InChI=1S/C29H25NO/c1-29(2)16-23-26-21-12-6-4-9-19(21)14-15-24(26)30-28(27(23)25(31)17-29)22-13-7-10-18-8-3-5-11-20(18)22/h3-15,28,30H,16-17H2,1-2H3/t28-/m1/s1. The minimum Gasteiger partial charge on any atom is -0.373 e. The van der Waals surface area contributed by atoms with Gasteiger partial charge in [-0.05, 0) is 50.6 Å². The molecular formula is C29H25NO. The lowest BCUT2D eigenvalue weighted by atomic mass is 9.67. The van der Waals surface area contributed by atoms with E-state index in [1.54, 1.807) is 0 Å². The Labute approximate surface area is 182 Å². The van der Waals surface area contributed by atoms with E-state index >= 15 is 0 Å². The van der Waals surface area contributed by atoms with E-state index in [2.05, 4.69) is 98.0 Å². The molecule has 1 atom stereocenters. The molecule has 0 spiro atoms. The summed E-state index contributed by atoms with van der Waals surface area (Å²) in [6.45, 7) is 4.43. The van der Waals surface area contributed by atoms with Crippen molar-refractivity contribution < 1.29 is 4.79 Å². The molecule has 2 heteroatoms. The van der Waals surface area contributed by atoms with E-state index < -0.39 is 0 Å². The van der Waals surface area contributed by atoms with E-state index in [0.717, 1.165) is 17.7 Å². The molecule has 2 nitrogen and oxygen atoms in total. The second kappa shape index (κ2) is 6.55. The predicted octanol–water partition coefficient (Wildman–Crippen LogP) is 7.30. The number of nitrogens with one attached hydrogen (secondary N) is 1. The largest absolute Gasteiger partial charge is 0.373 e. The molecule has 0 unspecified atom stereocenters. The molecular weight excluding hydrogens is 378 g/mol. The maximum atomic E-state index is 13.6. The van der Waals surface area contributed by atoms with Crippen LogP contribution >= 0.6 is 0 Å². The van der Waals surface area contributed by atoms with Gasteiger partial charge in [-0.3, -0.25) is 4.79 Å². The van der Waals surface area contributed by atoms with Crippen molar-refractivity contribution in [2.45, 2.75) is 32.7 Å². The van der Waals surface area contributed by atoms with Crippen LogP contribution in [0.4, 0.5) is 5.69 Å². The molecule has 1 aliphatic carbocycles. The highest BCUT2D eigenvalue weighted by atomic mass is 16.1. The number of ketones is 1. The van der Waals surface area contributed by atoms with Crippen molar-refractivity contribution in [2.75, 3.05) is 5.32 Å². The lowest BCUT2D eigenvalue weighted by Crippen LogP contribution is -2.33. The molecule has 1 heterocycles. The number of rotatable bonds is 1. The molecule has 2 aliphatic rings. The van der Waals surface area contributed by atoms with Crippen LogP contribution in [0.15, 0.2) is 84.4 Å². The van der Waals surface area contributed by atoms with Gasteiger partial charge in [0.1, 0.15) is 0 Å². The summed E-state index contributed by atoms with van der Waals surface area (Å²) < 4.78 is 0. The van der Waals surface area contributed by atoms with Gasteiger partial charge in [0.25, 0.3) is 0 Å². The molecule has 0 bridgehead atoms. The van der Waals surface area contributed by atoms with Gasteiger partial charge in [0.15, 0.2) is 5.78 Å². The Balaban J connectivity index is 1.67. The van der Waals surface area contributed by atoms with Crippen LogP contribution in [0.25, 0.3) is 27.1 Å². The number of hydrogen-bond acceptors (Lipinski definition) is 2. The van der Waals surface area contributed by atoms with E-state index in [9.17, 15) is 4.79 Å². The summed E-state index contributed by atoms with van der Waals surface area (Å²) in [5.41, 5.74) is 5.67. The Hall–Kier alpha value is -3.39. The van der Waals surface area contributed by atoms with Crippen molar-refractivity contribution in [3.05, 3.63) is 95.6 Å². The molecule has 0 amide bonds. The van der Waals surface area contributed by atoms with Gasteiger partial charge in [0.05, 0.1) is 6.04 Å². The Morgan fingerprint density at radius 1 is 0.774 bits per heavy atom. The number of carbonyl (C=O) groups excluding carboxylic acids is 1. The Kier molecular flexibility index (Phi) is 3.89. The van der Waals surface area contributed by atoms with Gasteiger partial charge in [-0.25, -0.2) is 0 Å². The lowest BCUT2D eigenvalue weighted by molar-refractivity contribution is -0.118. The molecule has 6 rings (SSSR count). The minimum absolute atomic E-state index is 0.0369. The molecule has 4 aromatic rings. The first-order valence-electron chi connectivity index (χ1n) is 11.0. The van der Waals surface area contributed by atoms with E-state index in [1.165, 1.54) is 38.2 Å². The van der Waals surface area contributed by atoms with Gasteiger partial charge in [0, 0.05) is 23.2 Å². The van der Waals surface area contributed by atoms with Crippen molar-refractivity contribution in [3.8, 4) is 0 Å².